The zero-order valence-electron chi connectivity index (χ0n) is 15.1. The summed E-state index contributed by atoms with van der Waals surface area (Å²) in [6.07, 6.45) is 0. The summed E-state index contributed by atoms with van der Waals surface area (Å²) in [6, 6.07) is 12.1. The molecule has 0 aliphatic heterocycles. The number of rotatable bonds is 6. The highest BCUT2D eigenvalue weighted by Crippen LogP contribution is 2.27. The first-order valence-corrected chi connectivity index (χ1v) is 8.05. The zero-order valence-corrected chi connectivity index (χ0v) is 15.9. The molecule has 2 aromatic carbocycles. The molecule has 0 fully saturated rings. The minimum Gasteiger partial charge on any atom is -0.492 e. The van der Waals surface area contributed by atoms with Gasteiger partial charge in [0.1, 0.15) is 5.75 Å². The lowest BCUT2D eigenvalue weighted by molar-refractivity contribution is 0.0827. The maximum Gasteiger partial charge on any atom is 0.255 e. The number of hydrogen-bond acceptors (Lipinski definition) is 4. The van der Waals surface area contributed by atoms with Crippen molar-refractivity contribution >= 4 is 29.9 Å². The highest BCUT2D eigenvalue weighted by Gasteiger charge is 2.14. The highest BCUT2D eigenvalue weighted by molar-refractivity contribution is 6.05. The third-order valence-electron chi connectivity index (χ3n) is 3.63. The first-order chi connectivity index (χ1) is 12.0. The highest BCUT2D eigenvalue weighted by atomic mass is 35.5. The monoisotopic (exact) mass is 377 g/mol. The van der Waals surface area contributed by atoms with Crippen molar-refractivity contribution < 1.29 is 14.3 Å². The van der Waals surface area contributed by atoms with Crippen LogP contribution in [0.4, 0.5) is 5.69 Å². The van der Waals surface area contributed by atoms with Crippen LogP contribution in [0.25, 0.3) is 0 Å². The SMILES string of the molecule is CCOc1cc(C(=O)N(C)C)ccc1NC(=O)c1ccc(CN)cc1.Cl. The summed E-state index contributed by atoms with van der Waals surface area (Å²) in [5.41, 5.74) is 8.06. The maximum absolute atomic E-state index is 12.4. The Labute approximate surface area is 159 Å². The number of carbonyl (C=O) groups is 2. The fraction of sp³-hybridized carbons (Fsp3) is 0.263. The van der Waals surface area contributed by atoms with E-state index < -0.39 is 0 Å². The number of amides is 2. The molecule has 0 aromatic heterocycles. The molecule has 26 heavy (non-hydrogen) atoms. The smallest absolute Gasteiger partial charge is 0.255 e. The third-order valence-corrected chi connectivity index (χ3v) is 3.63. The molecule has 2 amide bonds. The van der Waals surface area contributed by atoms with E-state index in [1.165, 1.54) is 4.90 Å². The Morgan fingerprint density at radius 1 is 1.08 bits per heavy atom. The number of anilines is 1. The van der Waals surface area contributed by atoms with Gasteiger partial charge in [0.15, 0.2) is 0 Å². The van der Waals surface area contributed by atoms with E-state index in [0.717, 1.165) is 5.56 Å². The Morgan fingerprint density at radius 2 is 1.69 bits per heavy atom. The van der Waals surface area contributed by atoms with Gasteiger partial charge in [-0.05, 0) is 42.8 Å². The first-order valence-electron chi connectivity index (χ1n) is 8.05. The largest absolute Gasteiger partial charge is 0.492 e. The van der Waals surface area contributed by atoms with Crippen molar-refractivity contribution in [1.82, 2.24) is 4.90 Å². The van der Waals surface area contributed by atoms with Gasteiger partial charge in [-0.25, -0.2) is 0 Å². The molecule has 0 atom stereocenters. The molecule has 0 aliphatic carbocycles. The van der Waals surface area contributed by atoms with E-state index in [1.54, 1.807) is 44.4 Å². The van der Waals surface area contributed by atoms with Crippen LogP contribution in [-0.2, 0) is 6.54 Å². The second kappa shape index (κ2) is 9.79. The minimum atomic E-state index is -0.254. The Kier molecular flexibility index (Phi) is 8.09. The second-order valence-electron chi connectivity index (χ2n) is 5.70. The lowest BCUT2D eigenvalue weighted by atomic mass is 10.1. The molecule has 0 bridgehead atoms. The normalized spacial score (nSPS) is 9.85. The van der Waals surface area contributed by atoms with Crippen molar-refractivity contribution in [2.45, 2.75) is 13.5 Å². The van der Waals surface area contributed by atoms with Crippen LogP contribution in [0.3, 0.4) is 0 Å². The summed E-state index contributed by atoms with van der Waals surface area (Å²) in [4.78, 5) is 26.0. The van der Waals surface area contributed by atoms with Crippen LogP contribution in [0, 0.1) is 0 Å². The van der Waals surface area contributed by atoms with Gasteiger partial charge in [0, 0.05) is 31.8 Å². The van der Waals surface area contributed by atoms with Crippen LogP contribution < -0.4 is 15.8 Å². The van der Waals surface area contributed by atoms with Gasteiger partial charge < -0.3 is 20.7 Å². The summed E-state index contributed by atoms with van der Waals surface area (Å²) in [5, 5.41) is 2.82. The van der Waals surface area contributed by atoms with Crippen LogP contribution in [0.2, 0.25) is 0 Å². The molecular formula is C19H24ClN3O3. The van der Waals surface area contributed by atoms with Crippen LogP contribution in [0.5, 0.6) is 5.75 Å². The molecule has 3 N–H and O–H groups in total. The van der Waals surface area contributed by atoms with E-state index in [0.29, 0.717) is 35.7 Å². The van der Waals surface area contributed by atoms with Crippen molar-refractivity contribution in [3.05, 3.63) is 59.2 Å². The topological polar surface area (TPSA) is 84.7 Å². The predicted octanol–water partition coefficient (Wildman–Crippen LogP) is 2.92. The number of benzene rings is 2. The number of nitrogens with zero attached hydrogens (tertiary/aromatic N) is 1. The van der Waals surface area contributed by atoms with Crippen LogP contribution in [-0.4, -0.2) is 37.4 Å². The van der Waals surface area contributed by atoms with E-state index in [9.17, 15) is 9.59 Å². The van der Waals surface area contributed by atoms with Gasteiger partial charge in [-0.2, -0.15) is 0 Å². The fourth-order valence-corrected chi connectivity index (χ4v) is 2.28. The number of hydrogen-bond donors (Lipinski definition) is 2. The molecule has 0 heterocycles. The summed E-state index contributed by atoms with van der Waals surface area (Å²) >= 11 is 0. The van der Waals surface area contributed by atoms with Crippen LogP contribution in [0.1, 0.15) is 33.2 Å². The summed E-state index contributed by atoms with van der Waals surface area (Å²) in [6.45, 7) is 2.70. The van der Waals surface area contributed by atoms with E-state index in [4.69, 9.17) is 10.5 Å². The Bertz CT molecular complexity index is 761. The van der Waals surface area contributed by atoms with Crippen molar-refractivity contribution in [3.63, 3.8) is 0 Å². The molecule has 0 aliphatic rings. The van der Waals surface area contributed by atoms with Gasteiger partial charge in [-0.15, -0.1) is 12.4 Å². The van der Waals surface area contributed by atoms with Gasteiger partial charge in [0.05, 0.1) is 12.3 Å². The number of halogens is 1. The van der Waals surface area contributed by atoms with Crippen molar-refractivity contribution in [3.8, 4) is 5.75 Å². The third kappa shape index (κ3) is 5.21. The fourth-order valence-electron chi connectivity index (χ4n) is 2.28. The van der Waals surface area contributed by atoms with Gasteiger partial charge in [0.2, 0.25) is 0 Å². The average molecular weight is 378 g/mol. The van der Waals surface area contributed by atoms with E-state index in [-0.39, 0.29) is 24.2 Å². The molecular weight excluding hydrogens is 354 g/mol. The summed E-state index contributed by atoms with van der Waals surface area (Å²) in [7, 11) is 3.37. The lowest BCUT2D eigenvalue weighted by Crippen LogP contribution is -2.22. The molecule has 2 aromatic rings. The molecule has 0 radical (unpaired) electrons. The molecule has 140 valence electrons. The molecule has 0 spiro atoms. The first kappa shape index (κ1) is 21.5. The molecule has 0 saturated carbocycles. The van der Waals surface area contributed by atoms with Gasteiger partial charge in [0.25, 0.3) is 11.8 Å². The quantitative estimate of drug-likeness (QED) is 0.810. The van der Waals surface area contributed by atoms with Crippen LogP contribution >= 0.6 is 12.4 Å². The van der Waals surface area contributed by atoms with Crippen molar-refractivity contribution in [1.29, 1.82) is 0 Å². The Hall–Kier alpha value is -2.57. The standard InChI is InChI=1S/C19H23N3O3.ClH/c1-4-25-17-11-15(19(24)22(2)3)9-10-16(17)21-18(23)14-7-5-13(12-20)6-8-14;/h5-11H,4,12,20H2,1-3H3,(H,21,23);1H. The lowest BCUT2D eigenvalue weighted by Gasteiger charge is -2.15. The molecule has 0 unspecified atom stereocenters. The van der Waals surface area contributed by atoms with E-state index >= 15 is 0 Å². The average Bonchev–Trinajstić information content (AvgIpc) is 2.62. The van der Waals surface area contributed by atoms with E-state index in [1.807, 2.05) is 19.1 Å². The number of ether oxygens (including phenoxy) is 1. The summed E-state index contributed by atoms with van der Waals surface area (Å²) < 4.78 is 5.58. The van der Waals surface area contributed by atoms with Gasteiger partial charge in [-0.3, -0.25) is 9.59 Å². The number of carbonyl (C=O) groups excluding carboxylic acids is 2. The summed E-state index contributed by atoms with van der Waals surface area (Å²) in [5.74, 6) is 0.0783. The number of nitrogens with two attached hydrogens (primary N) is 1. The van der Waals surface area contributed by atoms with Gasteiger partial charge in [-0.1, -0.05) is 12.1 Å². The molecule has 2 rings (SSSR count). The Morgan fingerprint density at radius 3 is 2.23 bits per heavy atom. The molecule has 7 heteroatoms. The van der Waals surface area contributed by atoms with Crippen molar-refractivity contribution in [2.75, 3.05) is 26.0 Å². The molecule has 0 saturated heterocycles. The maximum atomic E-state index is 12.4. The minimum absolute atomic E-state index is 0. The predicted molar refractivity (Wildman–Crippen MR) is 105 cm³/mol. The van der Waals surface area contributed by atoms with Gasteiger partial charge >= 0.3 is 0 Å². The van der Waals surface area contributed by atoms with Crippen molar-refractivity contribution in [2.24, 2.45) is 5.73 Å². The zero-order chi connectivity index (χ0) is 18.4. The second-order valence-corrected chi connectivity index (χ2v) is 5.70. The molecule has 6 nitrogen and oxygen atoms in total. The number of nitrogens with one attached hydrogen (secondary N) is 1. The van der Waals surface area contributed by atoms with E-state index in [2.05, 4.69) is 5.32 Å². The van der Waals surface area contributed by atoms with Crippen LogP contribution in [0.15, 0.2) is 42.5 Å². The Balaban J connectivity index is 0.00000338.